The van der Waals surface area contributed by atoms with Crippen molar-refractivity contribution >= 4 is 16.9 Å². The van der Waals surface area contributed by atoms with Crippen LogP contribution in [0.1, 0.15) is 15.9 Å². The van der Waals surface area contributed by atoms with Gasteiger partial charge in [-0.25, -0.2) is 4.98 Å². The number of hydrogen-bond acceptors (Lipinski definition) is 3. The third-order valence-corrected chi connectivity index (χ3v) is 3.17. The van der Waals surface area contributed by atoms with Crippen LogP contribution in [0.4, 0.5) is 0 Å². The van der Waals surface area contributed by atoms with Crippen molar-refractivity contribution in [3.8, 4) is 11.3 Å². The Hall–Kier alpha value is -2.75. The van der Waals surface area contributed by atoms with Gasteiger partial charge < -0.3 is 5.73 Å². The Labute approximate surface area is 116 Å². The lowest BCUT2D eigenvalue weighted by atomic mass is 10.1. The van der Waals surface area contributed by atoms with Gasteiger partial charge in [0.25, 0.3) is 0 Å². The molecule has 0 radical (unpaired) electrons. The van der Waals surface area contributed by atoms with Crippen molar-refractivity contribution in [3.63, 3.8) is 0 Å². The van der Waals surface area contributed by atoms with Crippen LogP contribution in [0, 0.1) is 6.92 Å². The zero-order chi connectivity index (χ0) is 14.1. The molecule has 0 unspecified atom stereocenters. The van der Waals surface area contributed by atoms with E-state index in [0.29, 0.717) is 11.1 Å². The maximum absolute atomic E-state index is 11.2. The second-order valence-corrected chi connectivity index (χ2v) is 4.69. The number of aryl methyl sites for hydroxylation is 1. The minimum atomic E-state index is -0.463. The number of amides is 1. The van der Waals surface area contributed by atoms with Gasteiger partial charge in [-0.15, -0.1) is 0 Å². The van der Waals surface area contributed by atoms with Crippen molar-refractivity contribution in [2.45, 2.75) is 6.92 Å². The third kappa shape index (κ3) is 2.23. The molecule has 4 nitrogen and oxygen atoms in total. The van der Waals surface area contributed by atoms with Gasteiger partial charge in [-0.3, -0.25) is 9.78 Å². The molecule has 0 aliphatic heterocycles. The molecule has 1 aromatic heterocycles. The molecule has 1 amide bonds. The van der Waals surface area contributed by atoms with Crippen LogP contribution in [0.15, 0.2) is 48.7 Å². The van der Waals surface area contributed by atoms with Gasteiger partial charge in [-0.1, -0.05) is 29.8 Å². The summed E-state index contributed by atoms with van der Waals surface area (Å²) in [5.74, 6) is -0.463. The molecule has 20 heavy (non-hydrogen) atoms. The summed E-state index contributed by atoms with van der Waals surface area (Å²) < 4.78 is 0. The summed E-state index contributed by atoms with van der Waals surface area (Å²) in [6.45, 7) is 2.04. The Morgan fingerprint density at radius 3 is 2.50 bits per heavy atom. The number of rotatable bonds is 2. The zero-order valence-electron chi connectivity index (χ0n) is 11.0. The molecule has 0 fully saturated rings. The fraction of sp³-hybridized carbons (Fsp3) is 0.0625. The van der Waals surface area contributed by atoms with Gasteiger partial charge in [-0.2, -0.15) is 0 Å². The minimum Gasteiger partial charge on any atom is -0.366 e. The molecule has 0 saturated carbocycles. The molecule has 0 atom stereocenters. The van der Waals surface area contributed by atoms with E-state index in [9.17, 15) is 4.79 Å². The van der Waals surface area contributed by atoms with Gasteiger partial charge in [0, 0.05) is 11.1 Å². The van der Waals surface area contributed by atoms with E-state index in [2.05, 4.69) is 9.97 Å². The van der Waals surface area contributed by atoms with Crippen LogP contribution in [0.5, 0.6) is 0 Å². The van der Waals surface area contributed by atoms with Gasteiger partial charge in [0.2, 0.25) is 5.91 Å². The highest BCUT2D eigenvalue weighted by atomic mass is 16.1. The Bertz CT molecular complexity index is 794. The second kappa shape index (κ2) is 4.74. The molecule has 4 heteroatoms. The van der Waals surface area contributed by atoms with Gasteiger partial charge in [-0.05, 0) is 25.1 Å². The number of fused-ring (bicyclic) bond motifs is 1. The SMILES string of the molecule is Cc1ccc(-c2cnc3ccc(C(N)=O)cc3n2)cc1. The Balaban J connectivity index is 2.13. The van der Waals surface area contributed by atoms with Crippen molar-refractivity contribution < 1.29 is 4.79 Å². The van der Waals surface area contributed by atoms with Crippen molar-refractivity contribution in [2.75, 3.05) is 0 Å². The number of benzene rings is 2. The number of nitrogens with two attached hydrogens (primary N) is 1. The molecule has 1 heterocycles. The Kier molecular flexibility index (Phi) is 2.91. The fourth-order valence-corrected chi connectivity index (χ4v) is 2.03. The van der Waals surface area contributed by atoms with Crippen molar-refractivity contribution in [3.05, 3.63) is 59.8 Å². The number of hydrogen-bond donors (Lipinski definition) is 1. The van der Waals surface area contributed by atoms with Crippen LogP contribution in [0.25, 0.3) is 22.3 Å². The molecule has 2 aromatic carbocycles. The summed E-state index contributed by atoms with van der Waals surface area (Å²) in [6, 6.07) is 13.1. The summed E-state index contributed by atoms with van der Waals surface area (Å²) in [7, 11) is 0. The standard InChI is InChI=1S/C16H13N3O/c1-10-2-4-11(5-3-10)15-9-18-13-7-6-12(16(17)20)8-14(13)19-15/h2-9H,1H3,(H2,17,20). The molecule has 0 spiro atoms. The van der Waals surface area contributed by atoms with E-state index >= 15 is 0 Å². The van der Waals surface area contributed by atoms with Crippen molar-refractivity contribution in [1.82, 2.24) is 9.97 Å². The van der Waals surface area contributed by atoms with Crippen LogP contribution in [-0.2, 0) is 0 Å². The maximum Gasteiger partial charge on any atom is 0.248 e. The zero-order valence-corrected chi connectivity index (χ0v) is 11.0. The number of carbonyl (C=O) groups excluding carboxylic acids is 1. The van der Waals surface area contributed by atoms with Crippen molar-refractivity contribution in [2.24, 2.45) is 5.73 Å². The molecule has 3 aromatic rings. The van der Waals surface area contributed by atoms with Gasteiger partial charge in [0.15, 0.2) is 0 Å². The topological polar surface area (TPSA) is 68.9 Å². The highest BCUT2D eigenvalue weighted by Gasteiger charge is 2.06. The fourth-order valence-electron chi connectivity index (χ4n) is 2.03. The molecule has 0 saturated heterocycles. The predicted octanol–water partition coefficient (Wildman–Crippen LogP) is 2.70. The molecule has 98 valence electrons. The van der Waals surface area contributed by atoms with E-state index in [1.165, 1.54) is 5.56 Å². The highest BCUT2D eigenvalue weighted by molar-refractivity contribution is 5.96. The lowest BCUT2D eigenvalue weighted by Gasteiger charge is -2.04. The number of nitrogens with zero attached hydrogens (tertiary/aromatic N) is 2. The Morgan fingerprint density at radius 2 is 1.80 bits per heavy atom. The molecule has 3 rings (SSSR count). The lowest BCUT2D eigenvalue weighted by Crippen LogP contribution is -2.10. The molecular weight excluding hydrogens is 250 g/mol. The summed E-state index contributed by atoms with van der Waals surface area (Å²) in [4.78, 5) is 20.1. The minimum absolute atomic E-state index is 0.438. The predicted molar refractivity (Wildman–Crippen MR) is 78.2 cm³/mol. The molecule has 0 aliphatic rings. The van der Waals surface area contributed by atoms with E-state index in [1.807, 2.05) is 31.2 Å². The summed E-state index contributed by atoms with van der Waals surface area (Å²) in [5, 5.41) is 0. The second-order valence-electron chi connectivity index (χ2n) is 4.69. The summed E-state index contributed by atoms with van der Waals surface area (Å²) in [5.41, 5.74) is 10.1. The smallest absolute Gasteiger partial charge is 0.248 e. The van der Waals surface area contributed by atoms with Crippen LogP contribution >= 0.6 is 0 Å². The van der Waals surface area contributed by atoms with Crippen LogP contribution in [-0.4, -0.2) is 15.9 Å². The normalized spacial score (nSPS) is 10.7. The lowest BCUT2D eigenvalue weighted by molar-refractivity contribution is 0.100. The third-order valence-electron chi connectivity index (χ3n) is 3.17. The van der Waals surface area contributed by atoms with E-state index in [4.69, 9.17) is 5.73 Å². The summed E-state index contributed by atoms with van der Waals surface area (Å²) >= 11 is 0. The molecular formula is C16H13N3O. The van der Waals surface area contributed by atoms with Gasteiger partial charge in [0.05, 0.1) is 22.9 Å². The van der Waals surface area contributed by atoms with E-state index in [0.717, 1.165) is 16.8 Å². The van der Waals surface area contributed by atoms with E-state index in [1.54, 1.807) is 24.4 Å². The highest BCUT2D eigenvalue weighted by Crippen LogP contribution is 2.20. The van der Waals surface area contributed by atoms with Crippen LogP contribution < -0.4 is 5.73 Å². The van der Waals surface area contributed by atoms with E-state index in [-0.39, 0.29) is 0 Å². The quantitative estimate of drug-likeness (QED) is 0.772. The van der Waals surface area contributed by atoms with Crippen LogP contribution in [0.2, 0.25) is 0 Å². The monoisotopic (exact) mass is 263 g/mol. The summed E-state index contributed by atoms with van der Waals surface area (Å²) in [6.07, 6.45) is 1.73. The molecule has 0 aliphatic carbocycles. The number of carbonyl (C=O) groups is 1. The van der Waals surface area contributed by atoms with Crippen molar-refractivity contribution in [1.29, 1.82) is 0 Å². The maximum atomic E-state index is 11.2. The van der Waals surface area contributed by atoms with Crippen LogP contribution in [0.3, 0.4) is 0 Å². The number of primary amides is 1. The van der Waals surface area contributed by atoms with Gasteiger partial charge in [0.1, 0.15) is 0 Å². The first-order chi connectivity index (χ1) is 9.63. The first-order valence-corrected chi connectivity index (χ1v) is 6.27. The first kappa shape index (κ1) is 12.3. The van der Waals surface area contributed by atoms with E-state index < -0.39 is 5.91 Å². The number of aromatic nitrogens is 2. The average Bonchev–Trinajstić information content (AvgIpc) is 2.47. The Morgan fingerprint density at radius 1 is 1.05 bits per heavy atom. The average molecular weight is 263 g/mol. The largest absolute Gasteiger partial charge is 0.366 e. The van der Waals surface area contributed by atoms with Gasteiger partial charge >= 0.3 is 0 Å². The molecule has 2 N–H and O–H groups in total. The molecule has 0 bridgehead atoms. The first-order valence-electron chi connectivity index (χ1n) is 6.27.